The Kier molecular flexibility index (Phi) is 27.7. The zero-order valence-corrected chi connectivity index (χ0v) is 76.5. The summed E-state index contributed by atoms with van der Waals surface area (Å²) in [6, 6.07) is 0. The second kappa shape index (κ2) is 37.5. The van der Waals surface area contributed by atoms with Crippen LogP contribution in [0, 0.1) is 13.8 Å². The minimum atomic E-state index is -4.68. The van der Waals surface area contributed by atoms with Crippen LogP contribution in [0.3, 0.4) is 0 Å². The van der Waals surface area contributed by atoms with E-state index < -0.39 is 212 Å². The Morgan fingerprint density at radius 2 is 0.646 bits per heavy atom. The molecule has 10 aromatic heterocycles. The summed E-state index contributed by atoms with van der Waals surface area (Å²) in [6.45, 7) is -25.2. The maximum Gasteiger partial charge on any atom is 0.330 e. The molecule has 6 aliphatic rings. The SMILES string of the molecule is CC[C@H]1O[C@@H](n2cnc3c(N)ncnc32)C[C@H]1OP(O)(=S)OC[C@H]1O[C@@H](n2cnc3c(N)ncnc32)C[C@H]1OP(O)(=S)OC[C@H]1O[C@@H](n2cnc3c(N)ncnc32)C[C@H]1OP(O)(=S)OC[C@H]1O[C@@H](n2cc(C)c(=O)[nH]c2=O)C[C@H]1OP(O)(=S)OC[C@H]1O[C@@H](n2cnc3c(=O)[nH]c(N)nc32)C[C@H]1OP(O)(=S)OC[C@H]1O[C@@H](n2cc(C)c(=O)[nH]c2=O)C[C@H]1OP(O)(=S)OC. The average Bonchev–Trinajstić information content (AvgIpc) is 1.64. The van der Waals surface area contributed by atoms with Crippen molar-refractivity contribution >= 4 is 179 Å². The van der Waals surface area contributed by atoms with E-state index in [-0.39, 0.29) is 107 Å². The molecule has 0 spiro atoms. The molecule has 0 amide bonds. The fraction of sp³-hybridized carbons (Fsp3) is 0.548. The van der Waals surface area contributed by atoms with Gasteiger partial charge in [0.25, 0.3) is 16.7 Å². The molecule has 6 fully saturated rings. The van der Waals surface area contributed by atoms with Crippen molar-refractivity contribution in [2.45, 2.75) is 176 Å². The second-order valence-electron chi connectivity index (χ2n) is 29.4. The maximum atomic E-state index is 13.6. The first-order valence-electron chi connectivity index (χ1n) is 38.1. The lowest BCUT2D eigenvalue weighted by Gasteiger charge is -2.28. The van der Waals surface area contributed by atoms with Crippen LogP contribution in [0.25, 0.3) is 44.7 Å². The molecule has 0 bridgehead atoms. The first-order chi connectivity index (χ1) is 60.2. The maximum absolute atomic E-state index is 13.6. The molecule has 17 N–H and O–H groups in total. The lowest BCUT2D eigenvalue weighted by atomic mass is 10.1. The average molecular weight is 2000 g/mol. The molecular weight excluding hydrogens is 1920 g/mol. The molecule has 6 aliphatic heterocycles. The van der Waals surface area contributed by atoms with Crippen LogP contribution < -0.4 is 51.0 Å². The third kappa shape index (κ3) is 21.0. The Bertz CT molecular complexity index is 6470. The molecule has 0 aliphatic carbocycles. The lowest BCUT2D eigenvalue weighted by molar-refractivity contribution is -0.0565. The standard InChI is InChI=1S/C62H80N24O29P6S6/c1-5-28-29(6-42(104-28)83-22-73-46-50(63)67-19-70-53(46)83)111-117(93,123)99-16-37-32(9-43(107-37)84-23-74-47-51(64)68-20-71-54(47)84)114-121(97,127)102-17-38-33(10-44(108-38)85-24-75-48-52(65)69-21-72-55(48)85)113-120(96,126)101-15-36-31(8-41(106-36)82-13-27(3)58(88)80-62(82)91)112-118(94,124)103-18-39-34(11-45(109-39)86-25-76-49-56(86)77-60(66)78-59(49)89)115-119(95,125)100-14-35-30(110-116(92,122)98-4)7-40(105-35)81-12-26(2)57(87)79-61(81)90/h12-13,19-25,28-45H,5-11,14-18H2,1-4H3,(H,92,122)(H,93,123)(H,94,124)(H,95,125)(H,96,126)(H,97,127)(H2,63,67,70)(H2,64,68,71)(H2,65,69,72)(H,79,87,90)(H,80,88,91)(H3,66,77,78,89)/t28-,29-,30-,31-,32-,33-,34-,35-,36-,37-,38-,39-,40-,41-,42-,43-,44-,45-,116?,117?,118?,119?,120?,121?/m1/s1. The highest BCUT2D eigenvalue weighted by molar-refractivity contribution is 8.08. The number of anilines is 4. The Hall–Kier alpha value is -6.50. The van der Waals surface area contributed by atoms with Crippen molar-refractivity contribution in [3.8, 4) is 0 Å². The van der Waals surface area contributed by atoms with Crippen molar-refractivity contribution in [2.75, 3.05) is 63.1 Å². The summed E-state index contributed by atoms with van der Waals surface area (Å²) in [5.74, 6) is -0.0399. The molecule has 0 radical (unpaired) electrons. The minimum absolute atomic E-state index is 0.0214. The first kappa shape index (κ1) is 93.7. The molecule has 10 aromatic rings. The number of hydrogen-bond acceptors (Lipinski definition) is 44. The van der Waals surface area contributed by atoms with Crippen molar-refractivity contribution in [3.63, 3.8) is 0 Å². The van der Waals surface area contributed by atoms with Crippen LogP contribution in [0.2, 0.25) is 0 Å². The van der Waals surface area contributed by atoms with Gasteiger partial charge < -0.3 is 135 Å². The van der Waals surface area contributed by atoms with Gasteiger partial charge in [-0.1, -0.05) is 6.92 Å². The van der Waals surface area contributed by atoms with Crippen LogP contribution in [0.5, 0.6) is 0 Å². The van der Waals surface area contributed by atoms with E-state index in [0.717, 1.165) is 16.2 Å². The Morgan fingerprint density at radius 3 is 0.945 bits per heavy atom. The van der Waals surface area contributed by atoms with E-state index in [1.54, 1.807) is 4.57 Å². The number of aromatic nitrogens is 20. The first-order valence-corrected chi connectivity index (χ1v) is 53.6. The van der Waals surface area contributed by atoms with Gasteiger partial charge in [-0.05, 0) is 91.1 Å². The number of fused-ring (bicyclic) bond motifs is 4. The van der Waals surface area contributed by atoms with Crippen LogP contribution in [-0.4, -0.2) is 240 Å². The summed E-state index contributed by atoms with van der Waals surface area (Å²) in [6.07, 6.45) is -9.93. The molecule has 16 heterocycles. The van der Waals surface area contributed by atoms with Gasteiger partial charge in [0, 0.05) is 69.2 Å². The number of rotatable bonds is 35. The zero-order chi connectivity index (χ0) is 90.3. The summed E-state index contributed by atoms with van der Waals surface area (Å²) < 4.78 is 118. The molecule has 24 atom stereocenters. The summed E-state index contributed by atoms with van der Waals surface area (Å²) in [5, 5.41) is 0. The molecule has 688 valence electrons. The van der Waals surface area contributed by atoms with E-state index >= 15 is 0 Å². The van der Waals surface area contributed by atoms with Gasteiger partial charge >= 0.3 is 51.7 Å². The number of nitrogens with two attached hydrogens (primary N) is 4. The number of nitrogens with zero attached hydrogens (tertiary/aromatic N) is 17. The van der Waals surface area contributed by atoms with E-state index in [4.69, 9.17) is 176 Å². The van der Waals surface area contributed by atoms with E-state index in [9.17, 15) is 53.3 Å². The molecule has 65 heteroatoms. The van der Waals surface area contributed by atoms with Crippen LogP contribution >= 0.6 is 40.3 Å². The van der Waals surface area contributed by atoms with Gasteiger partial charge in [0.05, 0.1) is 101 Å². The third-order valence-electron chi connectivity index (χ3n) is 21.1. The highest BCUT2D eigenvalue weighted by Gasteiger charge is 2.51. The van der Waals surface area contributed by atoms with E-state index in [2.05, 4.69) is 69.8 Å². The predicted octanol–water partition coefficient (Wildman–Crippen LogP) is 1.16. The van der Waals surface area contributed by atoms with Crippen LogP contribution in [0.15, 0.2) is 80.7 Å². The normalized spacial score (nSPS) is 29.3. The summed E-state index contributed by atoms with van der Waals surface area (Å²) in [7, 11) is 1.11. The lowest BCUT2D eigenvalue weighted by Crippen LogP contribution is -2.33. The predicted molar refractivity (Wildman–Crippen MR) is 460 cm³/mol. The van der Waals surface area contributed by atoms with Gasteiger partial charge in [-0.15, -0.1) is 0 Å². The fourth-order valence-corrected chi connectivity index (χ4v) is 23.4. The van der Waals surface area contributed by atoms with E-state index in [1.165, 1.54) is 84.2 Å². The van der Waals surface area contributed by atoms with E-state index in [1.807, 2.05) is 6.92 Å². The number of hydrogen-bond donors (Lipinski definition) is 13. The number of aryl methyl sites for hydroxylation is 2. The zero-order valence-electron chi connectivity index (χ0n) is 66.2. The van der Waals surface area contributed by atoms with Crippen molar-refractivity contribution < 1.29 is 112 Å². The Balaban J connectivity index is 0.614. The topological polar surface area (TPSA) is 696 Å². The van der Waals surface area contributed by atoms with Gasteiger partial charge in [0.2, 0.25) is 5.95 Å². The number of H-pyrrole nitrogens is 3. The minimum Gasteiger partial charge on any atom is -0.382 e. The quantitative estimate of drug-likeness (QED) is 0.0248. The van der Waals surface area contributed by atoms with Crippen molar-refractivity contribution in [3.05, 3.63) is 120 Å². The summed E-state index contributed by atoms with van der Waals surface area (Å²) in [5.41, 5.74) is 22.2. The van der Waals surface area contributed by atoms with Gasteiger partial charge in [-0.2, -0.15) is 4.98 Å². The monoisotopic (exact) mass is 2000 g/mol. The number of nitrogens with one attached hydrogen (secondary N) is 3. The highest BCUT2D eigenvalue weighted by Crippen LogP contribution is 2.58. The van der Waals surface area contributed by atoms with Crippen molar-refractivity contribution in [2.24, 2.45) is 0 Å². The van der Waals surface area contributed by atoms with Crippen LogP contribution in [0.1, 0.15) is 100 Å². The Labute approximate surface area is 743 Å². The van der Waals surface area contributed by atoms with Gasteiger partial charge in [-0.25, -0.2) is 59.4 Å². The number of ether oxygens (including phenoxy) is 6. The molecule has 0 saturated carbocycles. The number of nitrogen functional groups attached to an aromatic ring is 4. The molecular formula is C62H80N24O29P6S6. The van der Waals surface area contributed by atoms with Crippen LogP contribution in [-0.2, 0) is 154 Å². The van der Waals surface area contributed by atoms with Crippen molar-refractivity contribution in [1.29, 1.82) is 0 Å². The van der Waals surface area contributed by atoms with Gasteiger partial charge in [-0.3, -0.25) is 56.7 Å². The summed E-state index contributed by atoms with van der Waals surface area (Å²) >= 11 is 33.4. The van der Waals surface area contributed by atoms with Crippen molar-refractivity contribution in [1.82, 2.24) is 97.2 Å². The smallest absolute Gasteiger partial charge is 0.330 e. The molecule has 16 rings (SSSR count). The largest absolute Gasteiger partial charge is 0.382 e. The van der Waals surface area contributed by atoms with E-state index in [0.29, 0.717) is 17.6 Å². The molecule has 127 heavy (non-hydrogen) atoms. The fourth-order valence-electron chi connectivity index (χ4n) is 15.1. The number of aromatic amines is 3. The third-order valence-corrected chi connectivity index (χ3v) is 30.7. The number of imidazole rings is 4. The molecule has 6 saturated heterocycles. The van der Waals surface area contributed by atoms with Gasteiger partial charge in [0.15, 0.2) is 45.6 Å². The summed E-state index contributed by atoms with van der Waals surface area (Å²) in [4.78, 5) is 189. The van der Waals surface area contributed by atoms with Gasteiger partial charge in [0.1, 0.15) is 103 Å². The molecule has 0 aromatic carbocycles. The Morgan fingerprint density at radius 1 is 0.378 bits per heavy atom. The molecule has 6 unspecified atom stereocenters. The molecule has 53 nitrogen and oxygen atoms in total. The highest BCUT2D eigenvalue weighted by atomic mass is 32.5. The second-order valence-corrected chi connectivity index (χ2v) is 46.3. The van der Waals surface area contributed by atoms with Crippen LogP contribution in [0.4, 0.5) is 23.4 Å².